The molecule has 0 amide bonds. The topological polar surface area (TPSA) is 18.5 Å². The van der Waals surface area contributed by atoms with Crippen molar-refractivity contribution in [2.24, 2.45) is 0 Å². The Kier molecular flexibility index (Phi) is 5.08. The predicted molar refractivity (Wildman–Crippen MR) is 79.9 cm³/mol. The molecule has 2 nitrogen and oxygen atoms in total. The van der Waals surface area contributed by atoms with Gasteiger partial charge in [-0.3, -0.25) is 0 Å². The van der Waals surface area contributed by atoms with Crippen LogP contribution < -0.4 is 0 Å². The summed E-state index contributed by atoms with van der Waals surface area (Å²) in [6, 6.07) is 0. The Hall–Kier alpha value is -0.703. The van der Waals surface area contributed by atoms with Crippen molar-refractivity contribution in [1.29, 1.82) is 0 Å². The number of hydrogen-bond acceptors (Lipinski definition) is 2. The van der Waals surface area contributed by atoms with Crippen molar-refractivity contribution >= 4 is 8.32 Å². The van der Waals surface area contributed by atoms with Crippen molar-refractivity contribution in [1.82, 2.24) is 0 Å². The van der Waals surface area contributed by atoms with Gasteiger partial charge in [0.25, 0.3) is 14.3 Å². The molecule has 1 atom stereocenters. The van der Waals surface area contributed by atoms with Crippen molar-refractivity contribution in [3.05, 3.63) is 24.2 Å². The molecule has 104 valence electrons. The van der Waals surface area contributed by atoms with Crippen molar-refractivity contribution in [2.45, 2.75) is 71.2 Å². The highest BCUT2D eigenvalue weighted by Gasteiger charge is 2.40. The maximum Gasteiger partial charge on any atom is 0.261 e. The molecule has 0 aromatic carbocycles. The van der Waals surface area contributed by atoms with Crippen LogP contribution in [-0.4, -0.2) is 14.4 Å². The number of allylic oxidation sites excluding steroid dienone is 2. The van der Waals surface area contributed by atoms with E-state index in [0.29, 0.717) is 5.95 Å². The van der Waals surface area contributed by atoms with Crippen LogP contribution in [0.3, 0.4) is 0 Å². The highest BCUT2D eigenvalue weighted by atomic mass is 28.4. The van der Waals surface area contributed by atoms with E-state index < -0.39 is 8.32 Å². The van der Waals surface area contributed by atoms with Crippen LogP contribution in [0.5, 0.6) is 0 Å². The molecule has 0 saturated heterocycles. The second-order valence-corrected chi connectivity index (χ2v) is 11.2. The predicted octanol–water partition coefficient (Wildman–Crippen LogP) is 4.99. The second kappa shape index (κ2) is 5.96. The first kappa shape index (κ1) is 15.4. The molecule has 3 heteroatoms. The smallest absolute Gasteiger partial charge is 0.261 e. The van der Waals surface area contributed by atoms with Crippen molar-refractivity contribution in [3.63, 3.8) is 0 Å². The van der Waals surface area contributed by atoms with Gasteiger partial charge in [0.2, 0.25) is 0 Å². The fraction of sp³-hybridized carbons (Fsp3) is 0.733. The van der Waals surface area contributed by atoms with Crippen LogP contribution in [0.4, 0.5) is 0 Å². The quantitative estimate of drug-likeness (QED) is 0.406. The van der Waals surface area contributed by atoms with Crippen LogP contribution in [-0.2, 0) is 9.16 Å². The molecule has 1 aliphatic carbocycles. The number of ether oxygens (including phenoxy) is 1. The minimum absolute atomic E-state index is 0.190. The second-order valence-electron chi connectivity index (χ2n) is 6.49. The molecule has 18 heavy (non-hydrogen) atoms. The summed E-state index contributed by atoms with van der Waals surface area (Å²) in [5.41, 5.74) is 0. The van der Waals surface area contributed by atoms with Gasteiger partial charge in [0.05, 0.1) is 0 Å². The lowest BCUT2D eigenvalue weighted by molar-refractivity contribution is 0.0541. The van der Waals surface area contributed by atoms with Gasteiger partial charge < -0.3 is 9.16 Å². The Morgan fingerprint density at radius 1 is 1.33 bits per heavy atom. The first-order valence-electron chi connectivity index (χ1n) is 6.95. The SMILES string of the molecule is C/C=C(\OC1C=CCCC1)O[Si](C)(C)C(C)(C)C. The minimum Gasteiger partial charge on any atom is -0.519 e. The highest BCUT2D eigenvalue weighted by molar-refractivity contribution is 6.74. The van der Waals surface area contributed by atoms with E-state index in [0.717, 1.165) is 6.42 Å². The van der Waals surface area contributed by atoms with Crippen molar-refractivity contribution < 1.29 is 9.16 Å². The molecule has 1 rings (SSSR count). The Morgan fingerprint density at radius 3 is 2.44 bits per heavy atom. The van der Waals surface area contributed by atoms with E-state index in [-0.39, 0.29) is 11.1 Å². The summed E-state index contributed by atoms with van der Waals surface area (Å²) < 4.78 is 12.2. The first-order valence-corrected chi connectivity index (χ1v) is 9.86. The molecule has 0 spiro atoms. The van der Waals surface area contributed by atoms with Crippen molar-refractivity contribution in [3.8, 4) is 0 Å². The lowest BCUT2D eigenvalue weighted by atomic mass is 10.1. The van der Waals surface area contributed by atoms with E-state index in [1.165, 1.54) is 12.8 Å². The van der Waals surface area contributed by atoms with E-state index >= 15 is 0 Å². The first-order chi connectivity index (χ1) is 8.26. The number of rotatable bonds is 4. The Bertz CT molecular complexity index is 324. The van der Waals surface area contributed by atoms with Crippen molar-refractivity contribution in [2.75, 3.05) is 0 Å². The van der Waals surface area contributed by atoms with Crippen LogP contribution in [0.2, 0.25) is 18.1 Å². The van der Waals surface area contributed by atoms with Crippen LogP contribution in [0.25, 0.3) is 0 Å². The van der Waals surface area contributed by atoms with Crippen LogP contribution in [0.15, 0.2) is 24.2 Å². The lowest BCUT2D eigenvalue weighted by Crippen LogP contribution is -2.41. The summed E-state index contributed by atoms with van der Waals surface area (Å²) in [4.78, 5) is 0. The molecule has 0 saturated carbocycles. The summed E-state index contributed by atoms with van der Waals surface area (Å²) in [6.07, 6.45) is 9.97. The van der Waals surface area contributed by atoms with Gasteiger partial charge in [0.15, 0.2) is 0 Å². The molecule has 1 aliphatic rings. The fourth-order valence-electron chi connectivity index (χ4n) is 1.58. The molecular weight excluding hydrogens is 240 g/mol. The Balaban J connectivity index is 2.63. The Labute approximate surface area is 113 Å². The van der Waals surface area contributed by atoms with Gasteiger partial charge in [-0.25, -0.2) is 0 Å². The summed E-state index contributed by atoms with van der Waals surface area (Å²) >= 11 is 0. The van der Waals surface area contributed by atoms with Gasteiger partial charge >= 0.3 is 0 Å². The zero-order valence-electron chi connectivity index (χ0n) is 12.7. The third-order valence-electron chi connectivity index (χ3n) is 3.88. The van der Waals surface area contributed by atoms with Gasteiger partial charge in [-0.05, 0) is 56.5 Å². The largest absolute Gasteiger partial charge is 0.519 e. The lowest BCUT2D eigenvalue weighted by Gasteiger charge is -2.37. The van der Waals surface area contributed by atoms with Gasteiger partial charge in [0.1, 0.15) is 6.10 Å². The fourth-order valence-corrected chi connectivity index (χ4v) is 2.56. The van der Waals surface area contributed by atoms with E-state index in [1.54, 1.807) is 0 Å². The van der Waals surface area contributed by atoms with Crippen LogP contribution in [0.1, 0.15) is 47.0 Å². The average Bonchev–Trinajstić information content (AvgIpc) is 2.27. The monoisotopic (exact) mass is 268 g/mol. The molecule has 0 N–H and O–H groups in total. The van der Waals surface area contributed by atoms with E-state index in [1.807, 2.05) is 13.0 Å². The highest BCUT2D eigenvalue weighted by Crippen LogP contribution is 2.38. The third kappa shape index (κ3) is 4.20. The molecule has 0 aliphatic heterocycles. The summed E-state index contributed by atoms with van der Waals surface area (Å²) in [6.45, 7) is 13.2. The maximum absolute atomic E-state index is 6.20. The summed E-state index contributed by atoms with van der Waals surface area (Å²) in [5.74, 6) is 0.707. The van der Waals surface area contributed by atoms with Crippen LogP contribution >= 0.6 is 0 Å². The minimum atomic E-state index is -1.79. The molecule has 0 fully saturated rings. The van der Waals surface area contributed by atoms with E-state index in [4.69, 9.17) is 9.16 Å². The molecule has 0 aromatic heterocycles. The van der Waals surface area contributed by atoms with E-state index in [9.17, 15) is 0 Å². The molecule has 1 unspecified atom stereocenters. The van der Waals surface area contributed by atoms with Gasteiger partial charge in [-0.1, -0.05) is 26.8 Å². The van der Waals surface area contributed by atoms with Gasteiger partial charge in [-0.15, -0.1) is 0 Å². The molecule has 0 bridgehead atoms. The molecular formula is C15H28O2Si. The normalized spacial score (nSPS) is 21.9. The summed E-state index contributed by atoms with van der Waals surface area (Å²) in [5, 5.41) is 0.201. The van der Waals surface area contributed by atoms with Gasteiger partial charge in [-0.2, -0.15) is 0 Å². The molecule has 0 heterocycles. The van der Waals surface area contributed by atoms with Gasteiger partial charge in [0, 0.05) is 0 Å². The Morgan fingerprint density at radius 2 is 2.00 bits per heavy atom. The molecule has 0 radical (unpaired) electrons. The third-order valence-corrected chi connectivity index (χ3v) is 8.20. The number of hydrogen-bond donors (Lipinski definition) is 0. The summed E-state index contributed by atoms with van der Waals surface area (Å²) in [7, 11) is -1.79. The average molecular weight is 268 g/mol. The zero-order valence-corrected chi connectivity index (χ0v) is 13.7. The molecule has 0 aromatic rings. The van der Waals surface area contributed by atoms with E-state index in [2.05, 4.69) is 46.0 Å². The maximum atomic E-state index is 6.20. The zero-order chi connectivity index (χ0) is 13.8. The standard InChI is InChI=1S/C15H28O2Si/c1-7-14(16-13-11-9-8-10-12-13)17-18(5,6)15(2,3)4/h7,9,11,13H,8,10,12H2,1-6H3/b14-7+. The van der Waals surface area contributed by atoms with Crippen LogP contribution in [0, 0.1) is 0 Å².